The number of phenols is 1. The van der Waals surface area contributed by atoms with Gasteiger partial charge in [0.15, 0.2) is 0 Å². The maximum absolute atomic E-state index is 12.1. The van der Waals surface area contributed by atoms with Crippen molar-refractivity contribution in [2.45, 2.75) is 37.6 Å². The molecule has 176 valence electrons. The minimum absolute atomic E-state index is 0.00371. The normalized spacial score (nSPS) is 25.0. The summed E-state index contributed by atoms with van der Waals surface area (Å²) in [5.41, 5.74) is -1.21. The number of benzene rings is 2. The molecule has 4 aromatic rings. The van der Waals surface area contributed by atoms with Gasteiger partial charge in [-0.05, 0) is 43.3 Å². The Balaban J connectivity index is 1.77. The maximum atomic E-state index is 12.1. The molecule has 10 nitrogen and oxygen atoms in total. The van der Waals surface area contributed by atoms with Gasteiger partial charge in [-0.1, -0.05) is 0 Å². The largest absolute Gasteiger partial charge is 0.507 e. The smallest absolute Gasteiger partial charge is 0.336 e. The molecule has 0 radical (unpaired) electrons. The summed E-state index contributed by atoms with van der Waals surface area (Å²) in [4.78, 5) is 24.1. The highest BCUT2D eigenvalue weighted by molar-refractivity contribution is 6.05. The molecular formula is C24H20O10. The monoisotopic (exact) mass is 468 g/mol. The summed E-state index contributed by atoms with van der Waals surface area (Å²) >= 11 is 0. The third-order valence-electron chi connectivity index (χ3n) is 5.82. The lowest BCUT2D eigenvalue weighted by atomic mass is 9.97. The molecule has 2 aromatic heterocycles. The van der Waals surface area contributed by atoms with E-state index in [1.165, 1.54) is 43.3 Å². The first-order chi connectivity index (χ1) is 16.2. The van der Waals surface area contributed by atoms with Crippen molar-refractivity contribution in [1.29, 1.82) is 0 Å². The lowest BCUT2D eigenvalue weighted by Crippen LogP contribution is -2.58. The minimum atomic E-state index is -1.61. The van der Waals surface area contributed by atoms with Gasteiger partial charge in [-0.25, -0.2) is 9.59 Å². The molecule has 0 saturated carbocycles. The average molecular weight is 468 g/mol. The zero-order valence-electron chi connectivity index (χ0n) is 17.7. The summed E-state index contributed by atoms with van der Waals surface area (Å²) in [6.07, 6.45) is -6.77. The highest BCUT2D eigenvalue weighted by atomic mass is 16.7. The lowest BCUT2D eigenvalue weighted by Gasteiger charge is -2.39. The van der Waals surface area contributed by atoms with E-state index in [-0.39, 0.29) is 33.8 Å². The van der Waals surface area contributed by atoms with Crippen LogP contribution in [-0.2, 0) is 4.74 Å². The zero-order valence-corrected chi connectivity index (χ0v) is 17.7. The van der Waals surface area contributed by atoms with Crippen LogP contribution in [0.15, 0.2) is 67.0 Å². The Morgan fingerprint density at radius 2 is 1.29 bits per heavy atom. The van der Waals surface area contributed by atoms with Gasteiger partial charge >= 0.3 is 11.3 Å². The molecule has 4 N–H and O–H groups in total. The van der Waals surface area contributed by atoms with Crippen molar-refractivity contribution >= 4 is 21.9 Å². The van der Waals surface area contributed by atoms with Gasteiger partial charge in [0.25, 0.3) is 0 Å². The van der Waals surface area contributed by atoms with Gasteiger partial charge in [0.2, 0.25) is 6.29 Å². The molecule has 1 aliphatic heterocycles. The van der Waals surface area contributed by atoms with E-state index in [1.54, 1.807) is 12.1 Å². The van der Waals surface area contributed by atoms with E-state index >= 15 is 0 Å². The van der Waals surface area contributed by atoms with E-state index in [2.05, 4.69) is 0 Å². The lowest BCUT2D eigenvalue weighted by molar-refractivity contribution is -0.268. The number of fused-ring (bicyclic) bond motifs is 2. The van der Waals surface area contributed by atoms with Crippen molar-refractivity contribution in [2.24, 2.45) is 0 Å². The second-order valence-electron chi connectivity index (χ2n) is 8.04. The highest BCUT2D eigenvalue weighted by Crippen LogP contribution is 2.45. The van der Waals surface area contributed by atoms with Gasteiger partial charge in [-0.2, -0.15) is 0 Å². The summed E-state index contributed by atoms with van der Waals surface area (Å²) in [6.45, 7) is 1.50. The molecule has 0 bridgehead atoms. The Morgan fingerprint density at radius 1 is 0.735 bits per heavy atom. The highest BCUT2D eigenvalue weighted by Gasteiger charge is 2.43. The van der Waals surface area contributed by atoms with Gasteiger partial charge in [-0.15, -0.1) is 0 Å². The topological polar surface area (TPSA) is 160 Å². The second kappa shape index (κ2) is 8.26. The summed E-state index contributed by atoms with van der Waals surface area (Å²) in [5.74, 6) is -0.296. The van der Waals surface area contributed by atoms with Crippen molar-refractivity contribution in [3.63, 3.8) is 0 Å². The van der Waals surface area contributed by atoms with Crippen molar-refractivity contribution in [3.05, 3.63) is 69.4 Å². The molecule has 10 heteroatoms. The first kappa shape index (κ1) is 22.1. The summed E-state index contributed by atoms with van der Waals surface area (Å²) < 4.78 is 22.2. The molecule has 5 atom stereocenters. The molecule has 0 unspecified atom stereocenters. The number of hydrogen-bond acceptors (Lipinski definition) is 10. The predicted octanol–water partition coefficient (Wildman–Crippen LogP) is 1.48. The predicted molar refractivity (Wildman–Crippen MR) is 119 cm³/mol. The molecule has 1 saturated heterocycles. The quantitative estimate of drug-likeness (QED) is 0.324. The molecule has 0 spiro atoms. The molecule has 1 aliphatic rings. The van der Waals surface area contributed by atoms with E-state index in [4.69, 9.17) is 18.3 Å². The number of aromatic hydroxyl groups is 1. The Morgan fingerprint density at radius 3 is 1.94 bits per heavy atom. The number of hydrogen-bond donors (Lipinski definition) is 4. The van der Waals surface area contributed by atoms with E-state index in [0.717, 1.165) is 0 Å². The average Bonchev–Trinajstić information content (AvgIpc) is 2.81. The van der Waals surface area contributed by atoms with Crippen LogP contribution in [0.4, 0.5) is 0 Å². The van der Waals surface area contributed by atoms with Gasteiger partial charge in [0, 0.05) is 22.9 Å². The molecule has 0 amide bonds. The van der Waals surface area contributed by atoms with Gasteiger partial charge in [0.1, 0.15) is 41.0 Å². The number of aliphatic hydroxyl groups is 3. The molecule has 2 aromatic carbocycles. The van der Waals surface area contributed by atoms with Crippen LogP contribution in [0.3, 0.4) is 0 Å². The van der Waals surface area contributed by atoms with E-state index in [0.29, 0.717) is 10.8 Å². The standard InChI is InChI=1S/C24H20O10/c1-10-19(28)20(29)21(30)24(31-10)32-14-7-3-12-5-9-16(27)34-23(12)18(14)17-13(25)6-2-11-4-8-15(26)33-22(11)17/h2-10,19-21,24-25,28-30H,1H3/t10-,19-,20+,21+,24-/m0/s1. The van der Waals surface area contributed by atoms with Crippen molar-refractivity contribution in [1.82, 2.24) is 0 Å². The SMILES string of the molecule is C[C@@H]1O[C@@H](Oc2ccc3ccc(=O)oc3c2-c2c(O)ccc3ccc(=O)oc23)[C@H](O)[C@H](O)[C@H]1O. The van der Waals surface area contributed by atoms with E-state index in [9.17, 15) is 30.0 Å². The van der Waals surface area contributed by atoms with Crippen LogP contribution >= 0.6 is 0 Å². The van der Waals surface area contributed by atoms with Crippen LogP contribution in [0.25, 0.3) is 33.1 Å². The van der Waals surface area contributed by atoms with Gasteiger partial charge in [-0.3, -0.25) is 0 Å². The van der Waals surface area contributed by atoms with E-state index < -0.39 is 42.0 Å². The van der Waals surface area contributed by atoms with Crippen molar-refractivity contribution < 1.29 is 38.7 Å². The first-order valence-corrected chi connectivity index (χ1v) is 10.4. The van der Waals surface area contributed by atoms with E-state index in [1.807, 2.05) is 0 Å². The third-order valence-corrected chi connectivity index (χ3v) is 5.82. The van der Waals surface area contributed by atoms with Crippen LogP contribution in [0.5, 0.6) is 11.5 Å². The summed E-state index contributed by atoms with van der Waals surface area (Å²) in [6, 6.07) is 11.5. The fourth-order valence-corrected chi connectivity index (χ4v) is 4.05. The Kier molecular flexibility index (Phi) is 5.37. The molecule has 5 rings (SSSR count). The number of phenolic OH excluding ortho intramolecular Hbond substituents is 1. The molecule has 1 fully saturated rings. The maximum Gasteiger partial charge on any atom is 0.336 e. The van der Waals surface area contributed by atoms with Gasteiger partial charge < -0.3 is 38.7 Å². The number of rotatable bonds is 3. The van der Waals surface area contributed by atoms with Crippen molar-refractivity contribution in [3.8, 4) is 22.6 Å². The molecule has 0 aliphatic carbocycles. The van der Waals surface area contributed by atoms with Crippen molar-refractivity contribution in [2.75, 3.05) is 0 Å². The minimum Gasteiger partial charge on any atom is -0.507 e. The first-order valence-electron chi connectivity index (χ1n) is 10.4. The molecular weight excluding hydrogens is 448 g/mol. The zero-order chi connectivity index (χ0) is 24.1. The fourth-order valence-electron chi connectivity index (χ4n) is 4.05. The fraction of sp³-hybridized carbons (Fsp3) is 0.250. The van der Waals surface area contributed by atoms with Gasteiger partial charge in [0.05, 0.1) is 17.2 Å². The third kappa shape index (κ3) is 3.62. The summed E-state index contributed by atoms with van der Waals surface area (Å²) in [5, 5.41) is 42.3. The number of ether oxygens (including phenoxy) is 2. The number of aliphatic hydroxyl groups excluding tert-OH is 3. The Bertz CT molecular complexity index is 1500. The Hall–Kier alpha value is -3.70. The van der Waals surface area contributed by atoms with Crippen LogP contribution in [0.1, 0.15) is 6.92 Å². The Labute approximate surface area is 190 Å². The second-order valence-corrected chi connectivity index (χ2v) is 8.04. The van der Waals surface area contributed by atoms with Crippen LogP contribution in [0.2, 0.25) is 0 Å². The van der Waals surface area contributed by atoms with Crippen LogP contribution < -0.4 is 16.0 Å². The molecule has 3 heterocycles. The molecule has 34 heavy (non-hydrogen) atoms. The summed E-state index contributed by atoms with van der Waals surface area (Å²) in [7, 11) is 0. The van der Waals surface area contributed by atoms with Crippen LogP contribution in [-0.4, -0.2) is 51.1 Å². The van der Waals surface area contributed by atoms with Crippen LogP contribution in [0, 0.1) is 0 Å².